The van der Waals surface area contributed by atoms with Gasteiger partial charge in [-0.1, -0.05) is 53.0 Å². The summed E-state index contributed by atoms with van der Waals surface area (Å²) in [5.74, 6) is 0. The molecule has 2 rings (SSSR count). The fourth-order valence-electron chi connectivity index (χ4n) is 2.76. The second kappa shape index (κ2) is 6.60. The van der Waals surface area contributed by atoms with Crippen molar-refractivity contribution in [1.29, 1.82) is 0 Å². The van der Waals surface area contributed by atoms with E-state index in [9.17, 15) is 30.7 Å². The van der Waals surface area contributed by atoms with E-state index in [1.54, 1.807) is 0 Å². The Kier molecular flexibility index (Phi) is 5.29. The zero-order valence-electron chi connectivity index (χ0n) is 13.3. The average Bonchev–Trinajstić information content (AvgIpc) is 2.47. The summed E-state index contributed by atoms with van der Waals surface area (Å²) in [5.41, 5.74) is -7.92. The molecule has 142 valence electrons. The third-order valence-electron chi connectivity index (χ3n) is 3.85. The fourth-order valence-corrected chi connectivity index (χ4v) is 3.15. The van der Waals surface area contributed by atoms with Crippen LogP contribution < -0.4 is 0 Å². The van der Waals surface area contributed by atoms with Crippen LogP contribution in [0.2, 0.25) is 10.0 Å². The van der Waals surface area contributed by atoms with Crippen molar-refractivity contribution < 1.29 is 30.7 Å². The summed E-state index contributed by atoms with van der Waals surface area (Å²) in [6.07, 6.45) is -12.5. The summed E-state index contributed by atoms with van der Waals surface area (Å²) in [4.78, 5) is 0. The van der Waals surface area contributed by atoms with E-state index in [4.69, 9.17) is 23.2 Å². The van der Waals surface area contributed by atoms with E-state index >= 15 is 0 Å². The number of halogens is 9. The van der Waals surface area contributed by atoms with Gasteiger partial charge in [0.15, 0.2) is 0 Å². The molecule has 2 aromatic carbocycles. The first-order valence-electron chi connectivity index (χ1n) is 7.10. The molecular formula is C17H11Cl2F7. The molecule has 0 N–H and O–H groups in total. The van der Waals surface area contributed by atoms with E-state index in [2.05, 4.69) is 0 Å². The largest absolute Gasteiger partial charge is 0.435 e. The average molecular weight is 419 g/mol. The van der Waals surface area contributed by atoms with Crippen molar-refractivity contribution in [2.45, 2.75) is 31.9 Å². The maximum Gasteiger partial charge on any atom is 0.435 e. The zero-order valence-corrected chi connectivity index (χ0v) is 14.8. The molecule has 0 saturated carbocycles. The Labute approximate surface area is 154 Å². The van der Waals surface area contributed by atoms with Crippen molar-refractivity contribution in [3.05, 3.63) is 57.1 Å². The fraction of sp³-hybridized carbons (Fsp3) is 0.294. The molecule has 0 atom stereocenters. The van der Waals surface area contributed by atoms with Crippen molar-refractivity contribution in [2.75, 3.05) is 0 Å². The van der Waals surface area contributed by atoms with Gasteiger partial charge in [0, 0.05) is 11.1 Å². The summed E-state index contributed by atoms with van der Waals surface area (Å²) >= 11 is 11.8. The van der Waals surface area contributed by atoms with Gasteiger partial charge in [0.25, 0.3) is 0 Å². The minimum atomic E-state index is -6.23. The third-order valence-corrected chi connectivity index (χ3v) is 4.67. The van der Waals surface area contributed by atoms with Crippen LogP contribution >= 0.6 is 23.2 Å². The summed E-state index contributed by atoms with van der Waals surface area (Å²) in [5, 5.41) is -0.354. The Balaban J connectivity index is 3.00. The lowest BCUT2D eigenvalue weighted by Gasteiger charge is -2.33. The van der Waals surface area contributed by atoms with Crippen LogP contribution in [0.3, 0.4) is 0 Å². The molecule has 0 fully saturated rings. The van der Waals surface area contributed by atoms with E-state index in [0.717, 1.165) is 0 Å². The summed E-state index contributed by atoms with van der Waals surface area (Å²) in [6.45, 7) is 2.54. The van der Waals surface area contributed by atoms with Gasteiger partial charge in [-0.3, -0.25) is 0 Å². The predicted molar refractivity (Wildman–Crippen MR) is 86.3 cm³/mol. The van der Waals surface area contributed by atoms with Gasteiger partial charge in [0.05, 0.1) is 10.0 Å². The van der Waals surface area contributed by atoms with Crippen LogP contribution in [0.1, 0.15) is 16.7 Å². The molecule has 0 spiro atoms. The van der Waals surface area contributed by atoms with Crippen LogP contribution in [0.25, 0.3) is 11.1 Å². The van der Waals surface area contributed by atoms with Crippen LogP contribution in [0.4, 0.5) is 30.7 Å². The highest BCUT2D eigenvalue weighted by atomic mass is 35.5. The van der Waals surface area contributed by atoms with Crippen LogP contribution in [0, 0.1) is 13.8 Å². The maximum atomic E-state index is 14.8. The number of hydrogen-bond donors (Lipinski definition) is 0. The van der Waals surface area contributed by atoms with Crippen LogP contribution in [-0.2, 0) is 5.67 Å². The number of hydrogen-bond acceptors (Lipinski definition) is 0. The van der Waals surface area contributed by atoms with Gasteiger partial charge < -0.3 is 0 Å². The second-order valence-electron chi connectivity index (χ2n) is 5.76. The zero-order chi connectivity index (χ0) is 20.1. The SMILES string of the molecule is Cc1cc(C)c(-c2cccc(Cl)c2Cl)c(C(F)(C(F)(F)F)C(F)(F)F)c1. The summed E-state index contributed by atoms with van der Waals surface area (Å²) < 4.78 is 94.4. The Bertz CT molecular complexity index is 824. The highest BCUT2D eigenvalue weighted by molar-refractivity contribution is 6.43. The molecule has 0 unspecified atom stereocenters. The first-order valence-corrected chi connectivity index (χ1v) is 7.86. The van der Waals surface area contributed by atoms with Crippen molar-refractivity contribution >= 4 is 23.2 Å². The van der Waals surface area contributed by atoms with Crippen molar-refractivity contribution in [1.82, 2.24) is 0 Å². The lowest BCUT2D eigenvalue weighted by atomic mass is 9.83. The molecule has 0 aliphatic carbocycles. The second-order valence-corrected chi connectivity index (χ2v) is 6.54. The van der Waals surface area contributed by atoms with Gasteiger partial charge in [0.1, 0.15) is 0 Å². The van der Waals surface area contributed by atoms with Gasteiger partial charge in [-0.15, -0.1) is 0 Å². The number of benzene rings is 2. The lowest BCUT2D eigenvalue weighted by molar-refractivity contribution is -0.348. The first kappa shape index (κ1) is 20.8. The van der Waals surface area contributed by atoms with Gasteiger partial charge in [-0.05, 0) is 31.0 Å². The molecule has 0 aliphatic heterocycles. The molecule has 0 saturated heterocycles. The number of alkyl halides is 7. The number of rotatable bonds is 2. The van der Waals surface area contributed by atoms with Gasteiger partial charge in [0.2, 0.25) is 0 Å². The summed E-state index contributed by atoms with van der Waals surface area (Å²) in [6, 6.07) is 5.66. The topological polar surface area (TPSA) is 0 Å². The Hall–Kier alpha value is -1.47. The van der Waals surface area contributed by atoms with Crippen LogP contribution in [0.5, 0.6) is 0 Å². The minimum Gasteiger partial charge on any atom is -0.218 e. The van der Waals surface area contributed by atoms with Crippen molar-refractivity contribution in [3.63, 3.8) is 0 Å². The smallest absolute Gasteiger partial charge is 0.218 e. The standard InChI is InChI=1S/C17H11Cl2F7/c1-8-6-9(2)13(10-4-3-5-12(18)14(10)19)11(7-8)15(20,16(21,22)23)17(24,25)26/h3-7H,1-2H3. The van der Waals surface area contributed by atoms with E-state index in [1.807, 2.05) is 0 Å². The van der Waals surface area contributed by atoms with E-state index in [0.29, 0.717) is 6.07 Å². The Morgan fingerprint density at radius 1 is 0.808 bits per heavy atom. The van der Waals surface area contributed by atoms with E-state index < -0.39 is 29.1 Å². The van der Waals surface area contributed by atoms with Crippen molar-refractivity contribution in [3.8, 4) is 11.1 Å². The lowest BCUT2D eigenvalue weighted by Crippen LogP contribution is -2.50. The highest BCUT2D eigenvalue weighted by Gasteiger charge is 2.74. The normalized spacial score (nSPS) is 13.2. The molecule has 0 aliphatic rings. The molecule has 0 aromatic heterocycles. The molecule has 0 heterocycles. The Morgan fingerprint density at radius 3 is 1.85 bits per heavy atom. The molecule has 2 aromatic rings. The molecular weight excluding hydrogens is 408 g/mol. The molecule has 0 bridgehead atoms. The van der Waals surface area contributed by atoms with Crippen LogP contribution in [-0.4, -0.2) is 12.4 Å². The maximum absolute atomic E-state index is 14.8. The van der Waals surface area contributed by atoms with Gasteiger partial charge in [-0.2, -0.15) is 26.3 Å². The monoisotopic (exact) mass is 418 g/mol. The van der Waals surface area contributed by atoms with E-state index in [1.165, 1.54) is 38.1 Å². The molecule has 0 nitrogen and oxygen atoms in total. The van der Waals surface area contributed by atoms with Crippen molar-refractivity contribution in [2.24, 2.45) is 0 Å². The first-order chi connectivity index (χ1) is 11.7. The Morgan fingerprint density at radius 2 is 1.35 bits per heavy atom. The quantitative estimate of drug-likeness (QED) is 0.441. The number of aryl methyl sites for hydroxylation is 2. The molecule has 0 amide bonds. The van der Waals surface area contributed by atoms with E-state index in [-0.39, 0.29) is 26.7 Å². The summed E-state index contributed by atoms with van der Waals surface area (Å²) in [7, 11) is 0. The molecule has 26 heavy (non-hydrogen) atoms. The highest BCUT2D eigenvalue weighted by Crippen LogP contribution is 2.56. The molecule has 9 heteroatoms. The van der Waals surface area contributed by atoms with Gasteiger partial charge >= 0.3 is 18.0 Å². The van der Waals surface area contributed by atoms with Gasteiger partial charge in [-0.25, -0.2) is 4.39 Å². The predicted octanol–water partition coefficient (Wildman–Crippen LogP) is 7.57. The van der Waals surface area contributed by atoms with Crippen LogP contribution in [0.15, 0.2) is 30.3 Å². The minimum absolute atomic E-state index is 0.000285. The third kappa shape index (κ3) is 3.27. The molecule has 0 radical (unpaired) electrons.